The van der Waals surface area contributed by atoms with Gasteiger partial charge in [-0.15, -0.1) is 0 Å². The van der Waals surface area contributed by atoms with Gasteiger partial charge in [-0.05, 0) is 39.7 Å². The molecule has 4 rings (SSSR count). The average Bonchev–Trinajstić information content (AvgIpc) is 3.33. The first kappa shape index (κ1) is 23.6. The van der Waals surface area contributed by atoms with Crippen LogP contribution in [0.5, 0.6) is 0 Å². The topological polar surface area (TPSA) is 119 Å². The van der Waals surface area contributed by atoms with Crippen LogP contribution in [0.25, 0.3) is 0 Å². The molecule has 2 aliphatic heterocycles. The Hall–Kier alpha value is -3.56. The monoisotopic (exact) mass is 467 g/mol. The number of benzene rings is 1. The Morgan fingerprint density at radius 1 is 1.15 bits per heavy atom. The molecule has 10 heteroatoms. The van der Waals surface area contributed by atoms with E-state index in [-0.39, 0.29) is 34.8 Å². The number of unbranched alkanes of at least 4 members (excludes halogenated alkanes) is 2. The zero-order chi connectivity index (χ0) is 24.6. The molecule has 3 amide bonds. The van der Waals surface area contributed by atoms with Gasteiger partial charge in [0.25, 0.3) is 17.5 Å². The third-order valence-corrected chi connectivity index (χ3v) is 6.37. The number of hydrogen-bond acceptors (Lipinski definition) is 6. The maximum atomic E-state index is 12.7. The molecule has 34 heavy (non-hydrogen) atoms. The second-order valence-corrected chi connectivity index (χ2v) is 9.79. The zero-order valence-electron chi connectivity index (χ0n) is 19.7. The molecule has 0 fully saturated rings. The molecule has 0 radical (unpaired) electrons. The molecular weight excluding hydrogens is 438 g/mol. The van der Waals surface area contributed by atoms with Crippen molar-refractivity contribution in [3.8, 4) is 0 Å². The molecule has 0 N–H and O–H groups in total. The highest BCUT2D eigenvalue weighted by Gasteiger charge is 2.40. The smallest absolute Gasteiger partial charge is 0.282 e. The van der Waals surface area contributed by atoms with Gasteiger partial charge in [0, 0.05) is 49.8 Å². The quantitative estimate of drug-likeness (QED) is 0.267. The van der Waals surface area contributed by atoms with Crippen molar-refractivity contribution in [2.75, 3.05) is 13.1 Å². The molecule has 0 atom stereocenters. The summed E-state index contributed by atoms with van der Waals surface area (Å²) in [6, 6.07) is 4.09. The molecule has 2 aromatic rings. The first-order valence-electron chi connectivity index (χ1n) is 11.6. The number of imide groups is 1. The number of fused-ring (bicyclic) bond motifs is 2. The van der Waals surface area contributed by atoms with Crippen LogP contribution in [0.4, 0.5) is 5.69 Å². The Balaban J connectivity index is 1.25. The number of nitrogens with zero attached hydrogens (tertiary/aromatic N) is 5. The van der Waals surface area contributed by atoms with Crippen LogP contribution in [0.1, 0.15) is 78.4 Å². The van der Waals surface area contributed by atoms with E-state index in [1.807, 2.05) is 15.8 Å². The van der Waals surface area contributed by atoms with Crippen LogP contribution in [0.15, 0.2) is 24.4 Å². The molecule has 1 aromatic carbocycles. The normalized spacial score (nSPS) is 15.5. The number of carbonyl (C=O) groups is 3. The average molecular weight is 468 g/mol. The van der Waals surface area contributed by atoms with Gasteiger partial charge in [0.1, 0.15) is 5.56 Å². The van der Waals surface area contributed by atoms with Crippen molar-refractivity contribution < 1.29 is 19.3 Å². The van der Waals surface area contributed by atoms with Crippen molar-refractivity contribution in [1.29, 1.82) is 0 Å². The van der Waals surface area contributed by atoms with Gasteiger partial charge in [-0.2, -0.15) is 5.10 Å². The summed E-state index contributed by atoms with van der Waals surface area (Å²) in [7, 11) is 0. The Kier molecular flexibility index (Phi) is 6.24. The van der Waals surface area contributed by atoms with E-state index in [0.29, 0.717) is 38.8 Å². The SMILES string of the molecule is CC(C)(C)n1ncc2c1CCN(C(=O)CCCCCN1C(=O)c3cccc([N+](=O)[O-])c3C1=O)C2. The van der Waals surface area contributed by atoms with E-state index in [9.17, 15) is 24.5 Å². The third-order valence-electron chi connectivity index (χ3n) is 6.37. The van der Waals surface area contributed by atoms with Crippen LogP contribution >= 0.6 is 0 Å². The highest BCUT2D eigenvalue weighted by atomic mass is 16.6. The molecule has 1 aromatic heterocycles. The van der Waals surface area contributed by atoms with E-state index < -0.39 is 16.7 Å². The minimum absolute atomic E-state index is 0.0774. The summed E-state index contributed by atoms with van der Waals surface area (Å²) >= 11 is 0. The molecular formula is C24H29N5O5. The predicted octanol–water partition coefficient (Wildman–Crippen LogP) is 3.29. The van der Waals surface area contributed by atoms with Gasteiger partial charge < -0.3 is 4.90 Å². The van der Waals surface area contributed by atoms with Crippen molar-refractivity contribution in [1.82, 2.24) is 19.6 Å². The Bertz CT molecular complexity index is 1160. The molecule has 0 unspecified atom stereocenters. The fourth-order valence-corrected chi connectivity index (χ4v) is 4.67. The minimum atomic E-state index is -0.642. The van der Waals surface area contributed by atoms with Crippen LogP contribution in [-0.2, 0) is 23.3 Å². The van der Waals surface area contributed by atoms with Crippen LogP contribution in [-0.4, -0.2) is 55.3 Å². The fraction of sp³-hybridized carbons (Fsp3) is 0.500. The van der Waals surface area contributed by atoms with Crippen LogP contribution in [0.3, 0.4) is 0 Å². The van der Waals surface area contributed by atoms with Crippen molar-refractivity contribution in [3.05, 3.63) is 56.9 Å². The van der Waals surface area contributed by atoms with Gasteiger partial charge >= 0.3 is 0 Å². The minimum Gasteiger partial charge on any atom is -0.338 e. The number of amides is 3. The van der Waals surface area contributed by atoms with E-state index in [1.165, 1.54) is 23.9 Å². The number of carbonyl (C=O) groups excluding carboxylic acids is 3. The lowest BCUT2D eigenvalue weighted by atomic mass is 10.0. The third kappa shape index (κ3) is 4.32. The lowest BCUT2D eigenvalue weighted by Gasteiger charge is -2.30. The molecule has 2 aliphatic rings. The van der Waals surface area contributed by atoms with Gasteiger partial charge in [0.2, 0.25) is 5.91 Å². The summed E-state index contributed by atoms with van der Waals surface area (Å²) in [4.78, 5) is 51.3. The molecule has 180 valence electrons. The highest BCUT2D eigenvalue weighted by molar-refractivity contribution is 6.23. The van der Waals surface area contributed by atoms with E-state index in [0.717, 1.165) is 16.9 Å². The summed E-state index contributed by atoms with van der Waals surface area (Å²) in [5.74, 6) is -1.03. The van der Waals surface area contributed by atoms with Gasteiger partial charge in [-0.25, -0.2) is 0 Å². The van der Waals surface area contributed by atoms with Gasteiger partial charge in [-0.3, -0.25) is 34.1 Å². The Labute approximate surface area is 197 Å². The van der Waals surface area contributed by atoms with Gasteiger partial charge in [0.15, 0.2) is 0 Å². The maximum absolute atomic E-state index is 12.7. The highest BCUT2D eigenvalue weighted by Crippen LogP contribution is 2.31. The summed E-state index contributed by atoms with van der Waals surface area (Å²) in [5, 5.41) is 15.7. The number of aromatic nitrogens is 2. The van der Waals surface area contributed by atoms with Crippen LogP contribution in [0, 0.1) is 10.1 Å². The first-order valence-corrected chi connectivity index (χ1v) is 11.6. The number of nitro benzene ring substituents is 1. The second-order valence-electron chi connectivity index (χ2n) is 9.79. The van der Waals surface area contributed by atoms with E-state index in [1.54, 1.807) is 0 Å². The van der Waals surface area contributed by atoms with Gasteiger partial charge in [0.05, 0.1) is 22.2 Å². The second kappa shape index (κ2) is 9.00. The van der Waals surface area contributed by atoms with Crippen molar-refractivity contribution in [2.24, 2.45) is 0 Å². The number of nitro groups is 1. The van der Waals surface area contributed by atoms with Crippen LogP contribution in [0.2, 0.25) is 0 Å². The molecule has 0 bridgehead atoms. The molecule has 0 aliphatic carbocycles. The first-order chi connectivity index (χ1) is 16.1. The van der Waals surface area contributed by atoms with E-state index in [4.69, 9.17) is 0 Å². The zero-order valence-corrected chi connectivity index (χ0v) is 19.7. The van der Waals surface area contributed by atoms with Crippen LogP contribution < -0.4 is 0 Å². The summed E-state index contributed by atoms with van der Waals surface area (Å²) in [6.07, 6.45) is 4.89. The Morgan fingerprint density at radius 3 is 2.62 bits per heavy atom. The van der Waals surface area contributed by atoms with Gasteiger partial charge in [-0.1, -0.05) is 12.5 Å². The summed E-state index contributed by atoms with van der Waals surface area (Å²) < 4.78 is 2.04. The molecule has 3 heterocycles. The van der Waals surface area contributed by atoms with Crippen molar-refractivity contribution in [3.63, 3.8) is 0 Å². The van der Waals surface area contributed by atoms with Crippen molar-refractivity contribution in [2.45, 2.75) is 65.0 Å². The summed E-state index contributed by atoms with van der Waals surface area (Å²) in [5.41, 5.74) is 1.79. The lowest BCUT2D eigenvalue weighted by Crippen LogP contribution is -2.37. The number of rotatable bonds is 7. The standard InChI is InChI=1S/C24H29N5O5/c1-24(2,3)28-18-11-13-26(15-16(18)14-25-28)20(30)10-5-4-6-12-27-22(31)17-8-7-9-19(29(33)34)21(17)23(27)32/h7-9,14H,4-6,10-13,15H2,1-3H3. The van der Waals surface area contributed by atoms with E-state index >= 15 is 0 Å². The summed E-state index contributed by atoms with van der Waals surface area (Å²) in [6.45, 7) is 7.75. The van der Waals surface area contributed by atoms with E-state index in [2.05, 4.69) is 25.9 Å². The number of hydrogen-bond donors (Lipinski definition) is 0. The lowest BCUT2D eigenvalue weighted by molar-refractivity contribution is -0.385. The molecule has 0 saturated carbocycles. The molecule has 0 saturated heterocycles. The largest absolute Gasteiger partial charge is 0.338 e. The molecule has 10 nitrogen and oxygen atoms in total. The molecule has 0 spiro atoms. The van der Waals surface area contributed by atoms with Crippen molar-refractivity contribution >= 4 is 23.4 Å². The Morgan fingerprint density at radius 2 is 1.91 bits per heavy atom. The predicted molar refractivity (Wildman–Crippen MR) is 123 cm³/mol. The maximum Gasteiger partial charge on any atom is 0.282 e. The fourth-order valence-electron chi connectivity index (χ4n) is 4.67.